The van der Waals surface area contributed by atoms with Crippen molar-refractivity contribution in [1.29, 1.82) is 0 Å². The number of aromatic nitrogens is 1. The maximum absolute atomic E-state index is 11.5. The molecule has 0 atom stereocenters. The fourth-order valence-electron chi connectivity index (χ4n) is 1.21. The number of nitrogens with one attached hydrogen (secondary N) is 1. The smallest absolute Gasteiger partial charge is 0.374 e. The first-order chi connectivity index (χ1) is 8.16. The second kappa shape index (κ2) is 5.01. The first-order valence-corrected chi connectivity index (χ1v) is 5.55. The molecular weight excluding hydrogens is 290 g/mol. The van der Waals surface area contributed by atoms with Gasteiger partial charge in [-0.05, 0) is 40.2 Å². The van der Waals surface area contributed by atoms with Gasteiger partial charge in [-0.25, -0.2) is 4.79 Å². The average molecular weight is 298 g/mol. The summed E-state index contributed by atoms with van der Waals surface area (Å²) < 4.78 is 10.2. The molecule has 0 aliphatic rings. The average Bonchev–Trinajstić information content (AvgIpc) is 2.95. The number of Topliss-reactive ketones (excluding diaryl/α,β-unsaturated/α-hetero) is 1. The summed E-state index contributed by atoms with van der Waals surface area (Å²) in [5.41, 5.74) is 0.401. The number of furan rings is 1. The molecule has 0 saturated carbocycles. The van der Waals surface area contributed by atoms with E-state index in [9.17, 15) is 9.59 Å². The number of ether oxygens (including phenoxy) is 1. The Bertz CT molecular complexity index is 529. The molecule has 0 saturated heterocycles. The Hall–Kier alpha value is -1.82. The molecule has 88 valence electrons. The highest BCUT2D eigenvalue weighted by atomic mass is 79.9. The van der Waals surface area contributed by atoms with Crippen molar-refractivity contribution in [1.82, 2.24) is 4.98 Å². The summed E-state index contributed by atoms with van der Waals surface area (Å²) in [5, 5.41) is 0. The molecule has 0 aliphatic carbocycles. The van der Waals surface area contributed by atoms with Gasteiger partial charge in [0.1, 0.15) is 0 Å². The molecule has 0 aliphatic heterocycles. The van der Waals surface area contributed by atoms with Crippen molar-refractivity contribution in [2.24, 2.45) is 0 Å². The molecule has 2 aromatic heterocycles. The van der Waals surface area contributed by atoms with Crippen molar-refractivity contribution in [3.05, 3.63) is 46.6 Å². The zero-order chi connectivity index (χ0) is 12.3. The zero-order valence-electron chi connectivity index (χ0n) is 8.60. The predicted octanol–water partition coefficient (Wildman–Crippen LogP) is 2.41. The van der Waals surface area contributed by atoms with Crippen LogP contribution in [0.5, 0.6) is 0 Å². The van der Waals surface area contributed by atoms with Gasteiger partial charge in [-0.1, -0.05) is 0 Å². The van der Waals surface area contributed by atoms with Gasteiger partial charge in [0, 0.05) is 6.20 Å². The van der Waals surface area contributed by atoms with Crippen LogP contribution in [0, 0.1) is 0 Å². The van der Waals surface area contributed by atoms with E-state index >= 15 is 0 Å². The number of aromatic amines is 1. The summed E-state index contributed by atoms with van der Waals surface area (Å²) in [6.45, 7) is -0.322. The van der Waals surface area contributed by atoms with E-state index in [1.165, 1.54) is 6.07 Å². The molecular formula is C11H8BrNO4. The summed E-state index contributed by atoms with van der Waals surface area (Å²) in [6, 6.07) is 6.34. The number of hydrogen-bond donors (Lipinski definition) is 1. The van der Waals surface area contributed by atoms with Gasteiger partial charge in [-0.15, -0.1) is 0 Å². The third-order valence-electron chi connectivity index (χ3n) is 2.01. The summed E-state index contributed by atoms with van der Waals surface area (Å²) >= 11 is 3.07. The van der Waals surface area contributed by atoms with Crippen LogP contribution >= 0.6 is 15.9 Å². The SMILES string of the molecule is O=C(COC(=O)c1ccc(Br)o1)c1ccc[nH]1. The minimum atomic E-state index is -0.671. The molecule has 0 bridgehead atoms. The summed E-state index contributed by atoms with van der Waals surface area (Å²) in [5.74, 6) is -0.916. The van der Waals surface area contributed by atoms with E-state index < -0.39 is 5.97 Å². The minimum absolute atomic E-state index is 0.0520. The quantitative estimate of drug-likeness (QED) is 0.695. The monoisotopic (exact) mass is 297 g/mol. The van der Waals surface area contributed by atoms with Crippen LogP contribution in [0.2, 0.25) is 0 Å². The molecule has 1 N–H and O–H groups in total. The Labute approximate surface area is 105 Å². The van der Waals surface area contributed by atoms with Gasteiger partial charge in [-0.2, -0.15) is 0 Å². The summed E-state index contributed by atoms with van der Waals surface area (Å²) in [4.78, 5) is 25.7. The maximum atomic E-state index is 11.5. The Morgan fingerprint density at radius 2 is 2.18 bits per heavy atom. The predicted molar refractivity (Wildman–Crippen MR) is 61.8 cm³/mol. The number of halogens is 1. The normalized spacial score (nSPS) is 10.2. The highest BCUT2D eigenvalue weighted by Crippen LogP contribution is 2.14. The van der Waals surface area contributed by atoms with E-state index in [0.29, 0.717) is 10.4 Å². The van der Waals surface area contributed by atoms with Crippen LogP contribution in [-0.4, -0.2) is 23.3 Å². The van der Waals surface area contributed by atoms with Crippen molar-refractivity contribution >= 4 is 27.7 Å². The molecule has 0 spiro atoms. The minimum Gasteiger partial charge on any atom is -0.451 e. The number of rotatable bonds is 4. The van der Waals surface area contributed by atoms with Gasteiger partial charge in [0.05, 0.1) is 5.69 Å². The van der Waals surface area contributed by atoms with Crippen molar-refractivity contribution in [2.45, 2.75) is 0 Å². The largest absolute Gasteiger partial charge is 0.451 e. The third kappa shape index (κ3) is 2.85. The van der Waals surface area contributed by atoms with Crippen LogP contribution in [0.4, 0.5) is 0 Å². The number of hydrogen-bond acceptors (Lipinski definition) is 4. The van der Waals surface area contributed by atoms with E-state index in [4.69, 9.17) is 9.15 Å². The lowest BCUT2D eigenvalue weighted by Crippen LogP contribution is -2.14. The van der Waals surface area contributed by atoms with Gasteiger partial charge < -0.3 is 14.1 Å². The van der Waals surface area contributed by atoms with E-state index in [1.54, 1.807) is 24.4 Å². The lowest BCUT2D eigenvalue weighted by Gasteiger charge is -2.00. The molecule has 6 heteroatoms. The van der Waals surface area contributed by atoms with Crippen LogP contribution in [-0.2, 0) is 4.74 Å². The van der Waals surface area contributed by atoms with Crippen LogP contribution in [0.25, 0.3) is 0 Å². The van der Waals surface area contributed by atoms with Crippen LogP contribution < -0.4 is 0 Å². The van der Waals surface area contributed by atoms with Crippen molar-refractivity contribution in [2.75, 3.05) is 6.61 Å². The number of H-pyrrole nitrogens is 1. The molecule has 2 aromatic rings. The van der Waals surface area contributed by atoms with Crippen LogP contribution in [0.15, 0.2) is 39.5 Å². The van der Waals surface area contributed by atoms with Gasteiger partial charge in [0.2, 0.25) is 11.5 Å². The Morgan fingerprint density at radius 3 is 2.76 bits per heavy atom. The molecule has 0 radical (unpaired) electrons. The summed E-state index contributed by atoms with van der Waals surface area (Å²) in [7, 11) is 0. The molecule has 17 heavy (non-hydrogen) atoms. The molecule has 0 amide bonds. The Balaban J connectivity index is 1.91. The number of ketones is 1. The Kier molecular flexibility index (Phi) is 3.43. The van der Waals surface area contributed by atoms with E-state index in [2.05, 4.69) is 20.9 Å². The van der Waals surface area contributed by atoms with Gasteiger partial charge in [0.15, 0.2) is 11.3 Å². The molecule has 2 rings (SSSR count). The van der Waals surface area contributed by atoms with Gasteiger partial charge in [0.25, 0.3) is 0 Å². The lowest BCUT2D eigenvalue weighted by molar-refractivity contribution is 0.0441. The van der Waals surface area contributed by atoms with E-state index in [1.807, 2.05) is 0 Å². The molecule has 0 unspecified atom stereocenters. The maximum Gasteiger partial charge on any atom is 0.374 e. The van der Waals surface area contributed by atoms with E-state index in [-0.39, 0.29) is 18.2 Å². The first-order valence-electron chi connectivity index (χ1n) is 4.76. The number of esters is 1. The summed E-state index contributed by atoms with van der Waals surface area (Å²) in [6.07, 6.45) is 1.62. The second-order valence-corrected chi connectivity index (χ2v) is 3.97. The van der Waals surface area contributed by atoms with Crippen molar-refractivity contribution < 1.29 is 18.7 Å². The molecule has 2 heterocycles. The topological polar surface area (TPSA) is 72.3 Å². The third-order valence-corrected chi connectivity index (χ3v) is 2.43. The van der Waals surface area contributed by atoms with Crippen molar-refractivity contribution in [3.63, 3.8) is 0 Å². The van der Waals surface area contributed by atoms with Crippen molar-refractivity contribution in [3.8, 4) is 0 Å². The highest BCUT2D eigenvalue weighted by Gasteiger charge is 2.15. The second-order valence-electron chi connectivity index (χ2n) is 3.19. The zero-order valence-corrected chi connectivity index (χ0v) is 10.2. The van der Waals surface area contributed by atoms with Gasteiger partial charge >= 0.3 is 5.97 Å². The number of carbonyl (C=O) groups excluding carboxylic acids is 2. The fourth-order valence-corrected chi connectivity index (χ4v) is 1.51. The van der Waals surface area contributed by atoms with Gasteiger partial charge in [-0.3, -0.25) is 4.79 Å². The standard InChI is InChI=1S/C11H8BrNO4/c12-10-4-3-9(17-10)11(15)16-6-8(14)7-2-1-5-13-7/h1-5,13H,6H2. The molecule has 0 aromatic carbocycles. The first kappa shape index (κ1) is 11.7. The highest BCUT2D eigenvalue weighted by molar-refractivity contribution is 9.10. The Morgan fingerprint density at radius 1 is 1.35 bits per heavy atom. The molecule has 5 nitrogen and oxygen atoms in total. The van der Waals surface area contributed by atoms with Crippen LogP contribution in [0.1, 0.15) is 21.0 Å². The van der Waals surface area contributed by atoms with E-state index in [0.717, 1.165) is 0 Å². The fraction of sp³-hybridized carbons (Fsp3) is 0.0909. The molecule has 0 fully saturated rings. The van der Waals surface area contributed by atoms with Crippen LogP contribution in [0.3, 0.4) is 0 Å². The number of carbonyl (C=O) groups is 2. The lowest BCUT2D eigenvalue weighted by atomic mass is 10.3.